The van der Waals surface area contributed by atoms with Crippen molar-refractivity contribution in [1.82, 2.24) is 15.0 Å². The van der Waals surface area contributed by atoms with Crippen LogP contribution in [0.4, 0.5) is 11.5 Å². The molecule has 3 rings (SSSR count). The van der Waals surface area contributed by atoms with Crippen molar-refractivity contribution in [2.75, 3.05) is 25.2 Å². The minimum absolute atomic E-state index is 0.578. The molecule has 0 aliphatic heterocycles. The van der Waals surface area contributed by atoms with Gasteiger partial charge in [0.25, 0.3) is 0 Å². The molecule has 6 nitrogen and oxygen atoms in total. The summed E-state index contributed by atoms with van der Waals surface area (Å²) in [6.45, 7) is 0. The van der Waals surface area contributed by atoms with Gasteiger partial charge in [0.2, 0.25) is 0 Å². The number of methoxy groups -OCH3 is 1. The number of fused-ring (bicyclic) bond motifs is 1. The number of H-pyrrole nitrogens is 1. The molecule has 0 unspecified atom stereocenters. The van der Waals surface area contributed by atoms with Crippen LogP contribution in [-0.2, 0) is 0 Å². The second-order valence-electron chi connectivity index (χ2n) is 4.36. The van der Waals surface area contributed by atoms with Gasteiger partial charge in [-0.2, -0.15) is 0 Å². The molecule has 0 atom stereocenters. The van der Waals surface area contributed by atoms with Crippen molar-refractivity contribution < 1.29 is 4.74 Å². The number of anilines is 2. The van der Waals surface area contributed by atoms with E-state index in [1.54, 1.807) is 7.11 Å². The Balaban J connectivity index is 2.07. The largest absolute Gasteiger partial charge is 0.495 e. The molecule has 0 aliphatic rings. The molecule has 0 fully saturated rings. The summed E-state index contributed by atoms with van der Waals surface area (Å²) in [4.78, 5) is 12.1. The number of benzene rings is 1. The first-order valence-electron chi connectivity index (χ1n) is 6.19. The van der Waals surface area contributed by atoms with Crippen molar-refractivity contribution in [3.05, 3.63) is 30.3 Å². The number of nitrogens with two attached hydrogens (primary N) is 1. The summed E-state index contributed by atoms with van der Waals surface area (Å²) >= 11 is 0. The van der Waals surface area contributed by atoms with E-state index in [1.807, 2.05) is 37.4 Å². The standard InChI is InChI=1S/C14H15N5O/c1-16-12-6-4-10-14(18-12)19-13(17-10)8-3-5-11(20-2)9(15)7-8/h3-7H,15H2,1-2H3,(H2,16,17,18,19). The molecule has 1 aromatic carbocycles. The van der Waals surface area contributed by atoms with Crippen LogP contribution in [0.3, 0.4) is 0 Å². The Bertz CT molecular complexity index is 765. The van der Waals surface area contributed by atoms with Gasteiger partial charge in [0.15, 0.2) is 5.65 Å². The quantitative estimate of drug-likeness (QED) is 0.635. The van der Waals surface area contributed by atoms with Gasteiger partial charge in [0, 0.05) is 12.6 Å². The molecule has 4 N–H and O–H groups in total. The molecular weight excluding hydrogens is 254 g/mol. The first-order valence-corrected chi connectivity index (χ1v) is 6.19. The second-order valence-corrected chi connectivity index (χ2v) is 4.36. The molecule has 0 amide bonds. The van der Waals surface area contributed by atoms with Crippen LogP contribution in [0.1, 0.15) is 0 Å². The minimum Gasteiger partial charge on any atom is -0.495 e. The van der Waals surface area contributed by atoms with Crippen molar-refractivity contribution in [1.29, 1.82) is 0 Å². The van der Waals surface area contributed by atoms with Crippen LogP contribution >= 0.6 is 0 Å². The van der Waals surface area contributed by atoms with Crippen LogP contribution in [0.15, 0.2) is 30.3 Å². The van der Waals surface area contributed by atoms with Crippen LogP contribution in [0.5, 0.6) is 5.75 Å². The predicted molar refractivity (Wildman–Crippen MR) is 79.8 cm³/mol. The van der Waals surface area contributed by atoms with Crippen LogP contribution < -0.4 is 15.8 Å². The van der Waals surface area contributed by atoms with Crippen molar-refractivity contribution in [3.63, 3.8) is 0 Å². The van der Waals surface area contributed by atoms with Crippen molar-refractivity contribution in [2.24, 2.45) is 0 Å². The number of nitrogen functional groups attached to an aromatic ring is 1. The molecule has 0 saturated carbocycles. The van der Waals surface area contributed by atoms with Gasteiger partial charge in [0.1, 0.15) is 17.4 Å². The number of ether oxygens (including phenoxy) is 1. The van der Waals surface area contributed by atoms with E-state index in [4.69, 9.17) is 10.5 Å². The van der Waals surface area contributed by atoms with E-state index in [1.165, 1.54) is 0 Å². The lowest BCUT2D eigenvalue weighted by molar-refractivity contribution is 0.417. The second kappa shape index (κ2) is 4.73. The number of aromatic amines is 1. The number of nitrogens with zero attached hydrogens (tertiary/aromatic N) is 2. The van der Waals surface area contributed by atoms with Gasteiger partial charge in [0.05, 0.1) is 18.3 Å². The number of pyridine rings is 1. The number of nitrogens with one attached hydrogen (secondary N) is 2. The highest BCUT2D eigenvalue weighted by molar-refractivity contribution is 5.78. The molecule has 3 aromatic rings. The molecule has 0 spiro atoms. The summed E-state index contributed by atoms with van der Waals surface area (Å²) in [5.41, 5.74) is 8.94. The molecule has 0 aliphatic carbocycles. The maximum Gasteiger partial charge on any atom is 0.180 e. The number of imidazole rings is 1. The van der Waals surface area contributed by atoms with E-state index in [9.17, 15) is 0 Å². The van der Waals surface area contributed by atoms with E-state index in [0.717, 1.165) is 22.7 Å². The molecule has 102 valence electrons. The lowest BCUT2D eigenvalue weighted by atomic mass is 10.2. The smallest absolute Gasteiger partial charge is 0.180 e. The number of hydrogen-bond donors (Lipinski definition) is 3. The zero-order chi connectivity index (χ0) is 14.1. The monoisotopic (exact) mass is 269 g/mol. The normalized spacial score (nSPS) is 10.7. The fourth-order valence-electron chi connectivity index (χ4n) is 2.05. The maximum atomic E-state index is 5.92. The summed E-state index contributed by atoms with van der Waals surface area (Å²) in [6, 6.07) is 9.40. The molecule has 2 aromatic heterocycles. The van der Waals surface area contributed by atoms with Gasteiger partial charge in [-0.15, -0.1) is 0 Å². The van der Waals surface area contributed by atoms with E-state index >= 15 is 0 Å². The van der Waals surface area contributed by atoms with Gasteiger partial charge in [-0.05, 0) is 30.3 Å². The van der Waals surface area contributed by atoms with Crippen molar-refractivity contribution in [2.45, 2.75) is 0 Å². The molecule has 0 saturated heterocycles. The summed E-state index contributed by atoms with van der Waals surface area (Å²) in [7, 11) is 3.42. The Morgan fingerprint density at radius 3 is 2.75 bits per heavy atom. The predicted octanol–water partition coefficient (Wildman–Crippen LogP) is 2.26. The molecule has 0 radical (unpaired) electrons. The third-order valence-corrected chi connectivity index (χ3v) is 3.11. The Hall–Kier alpha value is -2.76. The van der Waals surface area contributed by atoms with Crippen molar-refractivity contribution >= 4 is 22.7 Å². The topological polar surface area (TPSA) is 88.8 Å². The Kier molecular flexibility index (Phi) is 2.90. The Morgan fingerprint density at radius 1 is 1.20 bits per heavy atom. The van der Waals surface area contributed by atoms with Gasteiger partial charge in [-0.1, -0.05) is 0 Å². The maximum absolute atomic E-state index is 5.92. The fraction of sp³-hybridized carbons (Fsp3) is 0.143. The van der Waals surface area contributed by atoms with Crippen LogP contribution in [-0.4, -0.2) is 29.1 Å². The lowest BCUT2D eigenvalue weighted by Crippen LogP contribution is -1.93. The molecule has 6 heteroatoms. The average molecular weight is 269 g/mol. The number of aromatic nitrogens is 3. The zero-order valence-corrected chi connectivity index (χ0v) is 11.3. The van der Waals surface area contributed by atoms with E-state index in [2.05, 4.69) is 20.3 Å². The lowest BCUT2D eigenvalue weighted by Gasteiger charge is -2.05. The Labute approximate surface area is 116 Å². The third-order valence-electron chi connectivity index (χ3n) is 3.11. The van der Waals surface area contributed by atoms with Gasteiger partial charge >= 0.3 is 0 Å². The number of rotatable bonds is 3. The van der Waals surface area contributed by atoms with Crippen LogP contribution in [0.2, 0.25) is 0 Å². The SMILES string of the molecule is CNc1ccc2[nH]c(-c3ccc(OC)c(N)c3)nc2n1. The molecular formula is C14H15N5O. The van der Waals surface area contributed by atoms with Gasteiger partial charge in [-0.3, -0.25) is 0 Å². The summed E-state index contributed by atoms with van der Waals surface area (Å²) in [6.07, 6.45) is 0. The minimum atomic E-state index is 0.578. The Morgan fingerprint density at radius 2 is 2.05 bits per heavy atom. The molecule has 20 heavy (non-hydrogen) atoms. The molecule has 0 bridgehead atoms. The first-order chi connectivity index (χ1) is 9.71. The summed E-state index contributed by atoms with van der Waals surface area (Å²) in [5, 5.41) is 2.99. The van der Waals surface area contributed by atoms with Crippen molar-refractivity contribution in [3.8, 4) is 17.1 Å². The van der Waals surface area contributed by atoms with Gasteiger partial charge in [-0.25, -0.2) is 9.97 Å². The van der Waals surface area contributed by atoms with E-state index in [-0.39, 0.29) is 0 Å². The molecule has 2 heterocycles. The third kappa shape index (κ3) is 2.01. The fourth-order valence-corrected chi connectivity index (χ4v) is 2.05. The highest BCUT2D eigenvalue weighted by Gasteiger charge is 2.09. The summed E-state index contributed by atoms with van der Waals surface area (Å²) in [5.74, 6) is 2.17. The number of hydrogen-bond acceptors (Lipinski definition) is 5. The highest BCUT2D eigenvalue weighted by Crippen LogP contribution is 2.28. The first kappa shape index (κ1) is 12.3. The van der Waals surface area contributed by atoms with E-state index in [0.29, 0.717) is 17.1 Å². The van der Waals surface area contributed by atoms with Crippen LogP contribution in [0, 0.1) is 0 Å². The zero-order valence-electron chi connectivity index (χ0n) is 11.3. The van der Waals surface area contributed by atoms with Gasteiger partial charge < -0.3 is 20.8 Å². The average Bonchev–Trinajstić information content (AvgIpc) is 2.89. The van der Waals surface area contributed by atoms with E-state index < -0.39 is 0 Å². The summed E-state index contributed by atoms with van der Waals surface area (Å²) < 4.78 is 5.15. The highest BCUT2D eigenvalue weighted by atomic mass is 16.5. The van der Waals surface area contributed by atoms with Crippen LogP contribution in [0.25, 0.3) is 22.6 Å².